The van der Waals surface area contributed by atoms with Crippen LogP contribution in [0.1, 0.15) is 44.4 Å². The van der Waals surface area contributed by atoms with Crippen LogP contribution in [0.4, 0.5) is 9.59 Å². The number of rotatable bonds is 20. The Hall–Kier alpha value is -5.54. The van der Waals surface area contributed by atoms with Crippen LogP contribution in [0.2, 0.25) is 0 Å². The molecule has 4 atom stereocenters. The van der Waals surface area contributed by atoms with E-state index in [1.165, 1.54) is 9.80 Å². The van der Waals surface area contributed by atoms with E-state index >= 15 is 0 Å². The maximum absolute atomic E-state index is 13.8. The summed E-state index contributed by atoms with van der Waals surface area (Å²) in [6.07, 6.45) is -0.938. The van der Waals surface area contributed by atoms with Gasteiger partial charge in [0.1, 0.15) is 24.4 Å². The summed E-state index contributed by atoms with van der Waals surface area (Å²) in [5.41, 5.74) is 5.47. The zero-order valence-electron chi connectivity index (χ0n) is 34.9. The lowest BCUT2D eigenvalue weighted by molar-refractivity contribution is -0.131. The number of amides is 6. The first kappa shape index (κ1) is 45.8. The second kappa shape index (κ2) is 22.3. The second-order valence-electron chi connectivity index (χ2n) is 15.0. The lowest BCUT2D eigenvalue weighted by atomic mass is 9.98. The predicted octanol–water partition coefficient (Wildman–Crippen LogP) is 3.80. The van der Waals surface area contributed by atoms with E-state index in [2.05, 4.69) is 21.4 Å². The molecule has 6 amide bonds. The first-order valence-corrected chi connectivity index (χ1v) is 19.0. The van der Waals surface area contributed by atoms with Gasteiger partial charge in [-0.15, -0.1) is 0 Å². The highest BCUT2D eigenvalue weighted by Crippen LogP contribution is 2.28. The van der Waals surface area contributed by atoms with Gasteiger partial charge >= 0.3 is 12.1 Å². The van der Waals surface area contributed by atoms with Gasteiger partial charge in [-0.3, -0.25) is 15.0 Å². The van der Waals surface area contributed by atoms with Crippen LogP contribution >= 0.6 is 0 Å². The van der Waals surface area contributed by atoms with Crippen LogP contribution in [0.25, 0.3) is 0 Å². The first-order valence-electron chi connectivity index (χ1n) is 19.0. The summed E-state index contributed by atoms with van der Waals surface area (Å²) in [5, 5.41) is 22.0. The largest absolute Gasteiger partial charge is 0.493 e. The molecule has 0 aliphatic carbocycles. The number of hydrazine groups is 1. The molecule has 3 aromatic rings. The van der Waals surface area contributed by atoms with Crippen LogP contribution in [-0.4, -0.2) is 117 Å². The Labute approximate surface area is 337 Å². The smallest absolute Gasteiger partial charge is 0.317 e. The molecule has 0 saturated heterocycles. The number of aliphatic hydroxyl groups is 1. The van der Waals surface area contributed by atoms with Gasteiger partial charge in [0, 0.05) is 41.3 Å². The molecule has 3 rings (SSSR count). The molecule has 2 unspecified atom stereocenters. The molecule has 0 bridgehead atoms. The van der Waals surface area contributed by atoms with E-state index in [0.717, 1.165) is 16.7 Å². The van der Waals surface area contributed by atoms with Crippen LogP contribution in [0, 0.1) is 11.8 Å². The van der Waals surface area contributed by atoms with Gasteiger partial charge in [0.25, 0.3) is 5.91 Å². The highest BCUT2D eigenvalue weighted by Gasteiger charge is 2.32. The number of urea groups is 2. The van der Waals surface area contributed by atoms with Crippen molar-refractivity contribution in [3.63, 3.8) is 0 Å². The van der Waals surface area contributed by atoms with Crippen molar-refractivity contribution in [2.45, 2.75) is 71.5 Å². The quantitative estimate of drug-likeness (QED) is 0.107. The van der Waals surface area contributed by atoms with E-state index in [1.807, 2.05) is 100 Å². The Balaban J connectivity index is 1.89. The molecule has 15 nitrogen and oxygen atoms in total. The van der Waals surface area contributed by atoms with E-state index < -0.39 is 48.1 Å². The fraction of sp³-hybridized carbons (Fsp3) is 0.476. The van der Waals surface area contributed by atoms with Crippen molar-refractivity contribution in [3.05, 3.63) is 89.5 Å². The van der Waals surface area contributed by atoms with Crippen LogP contribution in [-0.2, 0) is 29.2 Å². The average molecular weight is 792 g/mol. The summed E-state index contributed by atoms with van der Waals surface area (Å²) in [7, 11) is 9.51. The van der Waals surface area contributed by atoms with Gasteiger partial charge in [0.05, 0.1) is 26.4 Å². The Morgan fingerprint density at radius 3 is 1.74 bits per heavy atom. The number of hydrogen-bond acceptors (Lipinski definition) is 9. The fourth-order valence-electron chi connectivity index (χ4n) is 5.79. The fourth-order valence-corrected chi connectivity index (χ4v) is 5.79. The van der Waals surface area contributed by atoms with Gasteiger partial charge in [-0.2, -0.15) is 0 Å². The highest BCUT2D eigenvalue weighted by molar-refractivity contribution is 5.88. The lowest BCUT2D eigenvalue weighted by Crippen LogP contribution is -2.59. The molecular weight excluding hydrogens is 731 g/mol. The number of aliphatic hydroxyl groups excluding tert-OH is 1. The minimum Gasteiger partial charge on any atom is -0.493 e. The van der Waals surface area contributed by atoms with Crippen molar-refractivity contribution in [1.29, 1.82) is 0 Å². The third-order valence-electron chi connectivity index (χ3n) is 9.19. The summed E-state index contributed by atoms with van der Waals surface area (Å²) in [6, 6.07) is 18.9. The van der Waals surface area contributed by atoms with E-state index in [4.69, 9.17) is 14.2 Å². The summed E-state index contributed by atoms with van der Waals surface area (Å²) >= 11 is 0. The second-order valence-corrected chi connectivity index (χ2v) is 15.0. The Morgan fingerprint density at radius 2 is 1.21 bits per heavy atom. The third kappa shape index (κ3) is 14.5. The van der Waals surface area contributed by atoms with Crippen molar-refractivity contribution >= 4 is 23.9 Å². The maximum atomic E-state index is 13.8. The van der Waals surface area contributed by atoms with Crippen molar-refractivity contribution < 1.29 is 38.5 Å². The molecule has 312 valence electrons. The zero-order chi connectivity index (χ0) is 42.2. The third-order valence-corrected chi connectivity index (χ3v) is 9.19. The van der Waals surface area contributed by atoms with Crippen LogP contribution in [0.3, 0.4) is 0 Å². The highest BCUT2D eigenvalue weighted by atomic mass is 16.5. The first-order chi connectivity index (χ1) is 27.0. The average Bonchev–Trinajstić information content (AvgIpc) is 3.17. The molecule has 3 aromatic carbocycles. The molecule has 0 fully saturated rings. The molecule has 0 aromatic heterocycles. The summed E-state index contributed by atoms with van der Waals surface area (Å²) in [6.45, 7) is 7.64. The van der Waals surface area contributed by atoms with Gasteiger partial charge < -0.3 is 45.1 Å². The molecule has 57 heavy (non-hydrogen) atoms. The van der Waals surface area contributed by atoms with Crippen molar-refractivity contribution in [2.24, 2.45) is 11.8 Å². The molecule has 15 heteroatoms. The number of carbonyl (C=O) groups excluding carboxylic acids is 4. The van der Waals surface area contributed by atoms with E-state index in [-0.39, 0.29) is 38.0 Å². The molecule has 0 aliphatic heterocycles. The van der Waals surface area contributed by atoms with Crippen molar-refractivity contribution in [3.8, 4) is 17.2 Å². The van der Waals surface area contributed by atoms with Gasteiger partial charge in [-0.1, -0.05) is 76.2 Å². The summed E-state index contributed by atoms with van der Waals surface area (Å²) < 4.78 is 16.8. The molecular formula is C42H61N7O8. The number of benzene rings is 3. The van der Waals surface area contributed by atoms with Gasteiger partial charge in [-0.25, -0.2) is 14.6 Å². The van der Waals surface area contributed by atoms with E-state index in [1.54, 1.807) is 47.4 Å². The molecule has 0 spiro atoms. The number of nitrogens with zero attached hydrogens (tertiary/aromatic N) is 3. The number of ether oxygens (including phenoxy) is 3. The van der Waals surface area contributed by atoms with Crippen LogP contribution in [0.15, 0.2) is 72.8 Å². The molecule has 0 saturated carbocycles. The predicted molar refractivity (Wildman–Crippen MR) is 219 cm³/mol. The number of methoxy groups -OCH3 is 2. The molecule has 0 radical (unpaired) electrons. The van der Waals surface area contributed by atoms with Crippen molar-refractivity contribution in [2.75, 3.05) is 49.0 Å². The SMILES string of the molecule is COc1ccc(COc2ccc(CN(CC(O)C(Cc3ccccc3)NC(=O)[C@@H](NC(=O)N(C)C)C(C)C)NC(=O)[C@@H](NC(=O)N(C)C)C(C)C)cc2)cc1OC. The molecule has 0 heterocycles. The number of nitrogens with one attached hydrogen (secondary N) is 4. The maximum Gasteiger partial charge on any atom is 0.317 e. The van der Waals surface area contributed by atoms with Crippen LogP contribution < -0.4 is 35.6 Å². The van der Waals surface area contributed by atoms with Gasteiger partial charge in [-0.05, 0) is 59.2 Å². The Morgan fingerprint density at radius 1 is 0.667 bits per heavy atom. The minimum absolute atomic E-state index is 0.107. The van der Waals surface area contributed by atoms with Crippen LogP contribution in [0.5, 0.6) is 17.2 Å². The number of hydrogen-bond donors (Lipinski definition) is 5. The number of carbonyl (C=O) groups is 4. The lowest BCUT2D eigenvalue weighted by Gasteiger charge is -2.33. The summed E-state index contributed by atoms with van der Waals surface area (Å²) in [5.74, 6) is 0.383. The zero-order valence-corrected chi connectivity index (χ0v) is 34.9. The van der Waals surface area contributed by atoms with Crippen molar-refractivity contribution in [1.82, 2.24) is 36.2 Å². The van der Waals surface area contributed by atoms with Gasteiger partial charge in [0.2, 0.25) is 5.91 Å². The molecule has 0 aliphatic rings. The Bertz CT molecular complexity index is 1740. The minimum atomic E-state index is -1.20. The normalized spacial score (nSPS) is 13.2. The monoisotopic (exact) mass is 791 g/mol. The topological polar surface area (TPSA) is 174 Å². The van der Waals surface area contributed by atoms with E-state index in [9.17, 15) is 24.3 Å². The summed E-state index contributed by atoms with van der Waals surface area (Å²) in [4.78, 5) is 55.5. The molecule has 5 N–H and O–H groups in total. The van der Waals surface area contributed by atoms with E-state index in [0.29, 0.717) is 17.2 Å². The standard InChI is InChI=1S/C42H61N7O8/c1-27(2)37(44-41(53)47(5)6)39(51)43-33(22-29-14-12-11-13-15-29)34(50)25-49(46-40(52)38(28(3)4)45-42(54)48(7)8)24-30-16-19-32(20-17-30)57-26-31-18-21-35(55-9)36(23-31)56-10/h11-21,23,27-28,33-34,37-38,50H,22,24-26H2,1-10H3,(H,43,51)(H,44,53)(H,45,54)(H,46,52)/t33?,34?,37-,38-/m0/s1. The van der Waals surface area contributed by atoms with Gasteiger partial charge in [0.15, 0.2) is 11.5 Å². The Kier molecular flexibility index (Phi) is 17.9.